The Balaban J connectivity index is 2.12. The second-order valence-corrected chi connectivity index (χ2v) is 6.99. The molecule has 1 fully saturated rings. The van der Waals surface area contributed by atoms with Crippen molar-refractivity contribution in [3.63, 3.8) is 0 Å². The largest absolute Gasteiger partial charge is 0.492 e. The number of rotatable bonds is 5. The van der Waals surface area contributed by atoms with E-state index < -0.39 is 0 Å². The maximum absolute atomic E-state index is 12.6. The standard InChI is InChI=1S/C19H27NO4/c1-12(2)16-15(21)10-14(17(22)18(16)24-4)11-20(3)19(23)13-8-6-5-7-9-13/h10,12-13H,5-9,11H2,1-4H3. The van der Waals surface area contributed by atoms with Gasteiger partial charge in [0.15, 0.2) is 11.5 Å². The highest BCUT2D eigenvalue weighted by molar-refractivity contribution is 6.22. The Morgan fingerprint density at radius 3 is 2.42 bits per heavy atom. The summed E-state index contributed by atoms with van der Waals surface area (Å²) in [6.07, 6.45) is 6.54. The Labute approximate surface area is 143 Å². The molecule has 0 atom stereocenters. The number of hydrogen-bond donors (Lipinski definition) is 0. The van der Waals surface area contributed by atoms with E-state index in [9.17, 15) is 14.4 Å². The minimum Gasteiger partial charge on any atom is -0.492 e. The van der Waals surface area contributed by atoms with E-state index in [-0.39, 0.29) is 41.6 Å². The van der Waals surface area contributed by atoms with Crippen molar-refractivity contribution in [2.75, 3.05) is 20.7 Å². The Morgan fingerprint density at radius 1 is 1.25 bits per heavy atom. The van der Waals surface area contributed by atoms with Crippen LogP contribution in [0, 0.1) is 11.8 Å². The molecule has 5 nitrogen and oxygen atoms in total. The van der Waals surface area contributed by atoms with Gasteiger partial charge in [0.05, 0.1) is 7.11 Å². The van der Waals surface area contributed by atoms with Crippen LogP contribution in [-0.4, -0.2) is 43.1 Å². The van der Waals surface area contributed by atoms with E-state index in [1.165, 1.54) is 19.6 Å². The summed E-state index contributed by atoms with van der Waals surface area (Å²) in [4.78, 5) is 39.1. The average Bonchev–Trinajstić information content (AvgIpc) is 2.57. The molecule has 1 saturated carbocycles. The van der Waals surface area contributed by atoms with Crippen molar-refractivity contribution < 1.29 is 19.1 Å². The molecule has 0 heterocycles. The summed E-state index contributed by atoms with van der Waals surface area (Å²) in [5.74, 6) is -0.350. The number of carbonyl (C=O) groups excluding carboxylic acids is 3. The van der Waals surface area contributed by atoms with E-state index in [4.69, 9.17) is 4.74 Å². The molecule has 0 N–H and O–H groups in total. The third-order valence-electron chi connectivity index (χ3n) is 4.83. The van der Waals surface area contributed by atoms with Crippen LogP contribution in [0.25, 0.3) is 0 Å². The van der Waals surface area contributed by atoms with E-state index in [1.807, 2.05) is 13.8 Å². The van der Waals surface area contributed by atoms with E-state index in [0.29, 0.717) is 11.1 Å². The van der Waals surface area contributed by atoms with Gasteiger partial charge in [0.1, 0.15) is 0 Å². The van der Waals surface area contributed by atoms with Crippen LogP contribution >= 0.6 is 0 Å². The molecule has 0 aromatic rings. The minimum absolute atomic E-state index is 0.0439. The van der Waals surface area contributed by atoms with Gasteiger partial charge in [-0.25, -0.2) is 0 Å². The van der Waals surface area contributed by atoms with Gasteiger partial charge >= 0.3 is 0 Å². The Morgan fingerprint density at radius 2 is 1.88 bits per heavy atom. The predicted octanol–water partition coefficient (Wildman–Crippen LogP) is 2.66. The van der Waals surface area contributed by atoms with E-state index >= 15 is 0 Å². The SMILES string of the molecule is COC1=C(C(C)C)C(=O)C=C(CN(C)C(=O)C2CCCCC2)C1=O. The van der Waals surface area contributed by atoms with Gasteiger partial charge in [-0.1, -0.05) is 33.1 Å². The summed E-state index contributed by atoms with van der Waals surface area (Å²) >= 11 is 0. The van der Waals surface area contributed by atoms with Crippen molar-refractivity contribution in [3.8, 4) is 0 Å². The lowest BCUT2D eigenvalue weighted by Gasteiger charge is -2.28. The highest BCUT2D eigenvalue weighted by Gasteiger charge is 2.33. The lowest BCUT2D eigenvalue weighted by atomic mass is 9.87. The fraction of sp³-hybridized carbons (Fsp3) is 0.632. The van der Waals surface area contributed by atoms with Gasteiger partial charge in [0.25, 0.3) is 0 Å². The van der Waals surface area contributed by atoms with Crippen LogP contribution in [0.4, 0.5) is 0 Å². The first-order valence-electron chi connectivity index (χ1n) is 8.69. The first kappa shape index (κ1) is 18.4. The van der Waals surface area contributed by atoms with Crippen molar-refractivity contribution in [3.05, 3.63) is 23.0 Å². The number of amides is 1. The van der Waals surface area contributed by atoms with Crippen molar-refractivity contribution in [1.82, 2.24) is 4.90 Å². The Kier molecular flexibility index (Phi) is 5.97. The van der Waals surface area contributed by atoms with Crippen molar-refractivity contribution in [2.24, 2.45) is 11.8 Å². The van der Waals surface area contributed by atoms with Gasteiger partial charge < -0.3 is 9.64 Å². The van der Waals surface area contributed by atoms with Gasteiger partial charge in [0.2, 0.25) is 11.7 Å². The maximum atomic E-state index is 12.6. The van der Waals surface area contributed by atoms with Crippen LogP contribution in [0.1, 0.15) is 46.0 Å². The lowest BCUT2D eigenvalue weighted by molar-refractivity contribution is -0.135. The molecule has 0 aromatic carbocycles. The summed E-state index contributed by atoms with van der Waals surface area (Å²) in [5.41, 5.74) is 0.736. The Hall–Kier alpha value is -1.91. The van der Waals surface area contributed by atoms with Gasteiger partial charge in [-0.3, -0.25) is 14.4 Å². The van der Waals surface area contributed by atoms with E-state index in [0.717, 1.165) is 25.7 Å². The summed E-state index contributed by atoms with van der Waals surface area (Å²) in [5, 5.41) is 0. The molecule has 1 amide bonds. The second-order valence-electron chi connectivity index (χ2n) is 6.99. The maximum Gasteiger partial charge on any atom is 0.225 e. The molecule has 132 valence electrons. The molecule has 0 aromatic heterocycles. The molecule has 0 unspecified atom stereocenters. The van der Waals surface area contributed by atoms with E-state index in [1.54, 1.807) is 11.9 Å². The van der Waals surface area contributed by atoms with Crippen LogP contribution in [0.3, 0.4) is 0 Å². The first-order chi connectivity index (χ1) is 11.4. The minimum atomic E-state index is -0.288. The van der Waals surface area contributed by atoms with Crippen LogP contribution in [0.5, 0.6) is 0 Å². The van der Waals surface area contributed by atoms with Gasteiger partial charge in [0, 0.05) is 30.7 Å². The third kappa shape index (κ3) is 3.77. The zero-order valence-electron chi connectivity index (χ0n) is 15.1. The number of methoxy groups -OCH3 is 1. The zero-order chi connectivity index (χ0) is 17.9. The number of likely N-dealkylation sites (N-methyl/N-ethyl adjacent to an activating group) is 1. The van der Waals surface area contributed by atoms with Gasteiger partial charge in [-0.15, -0.1) is 0 Å². The molecule has 24 heavy (non-hydrogen) atoms. The Bertz CT molecular complexity index is 594. The number of nitrogens with zero attached hydrogens (tertiary/aromatic N) is 1. The lowest BCUT2D eigenvalue weighted by Crippen LogP contribution is -2.37. The normalized spacial score (nSPS) is 19.6. The third-order valence-corrected chi connectivity index (χ3v) is 4.83. The molecule has 0 spiro atoms. The fourth-order valence-corrected chi connectivity index (χ4v) is 3.54. The molecular weight excluding hydrogens is 306 g/mol. The molecule has 2 aliphatic carbocycles. The zero-order valence-corrected chi connectivity index (χ0v) is 15.1. The van der Waals surface area contributed by atoms with Crippen LogP contribution in [0.15, 0.2) is 23.0 Å². The van der Waals surface area contributed by atoms with Crippen molar-refractivity contribution >= 4 is 17.5 Å². The average molecular weight is 333 g/mol. The molecule has 0 bridgehead atoms. The van der Waals surface area contributed by atoms with Crippen LogP contribution in [-0.2, 0) is 19.1 Å². The summed E-state index contributed by atoms with van der Waals surface area (Å²) < 4.78 is 5.20. The highest BCUT2D eigenvalue weighted by atomic mass is 16.5. The molecule has 2 aliphatic rings. The highest BCUT2D eigenvalue weighted by Crippen LogP contribution is 2.28. The topological polar surface area (TPSA) is 63.7 Å². The number of hydrogen-bond acceptors (Lipinski definition) is 4. The quantitative estimate of drug-likeness (QED) is 0.726. The molecule has 5 heteroatoms. The van der Waals surface area contributed by atoms with Crippen LogP contribution < -0.4 is 0 Å². The fourth-order valence-electron chi connectivity index (χ4n) is 3.54. The summed E-state index contributed by atoms with van der Waals surface area (Å²) in [6.45, 7) is 3.87. The number of carbonyl (C=O) groups is 3. The summed E-state index contributed by atoms with van der Waals surface area (Å²) in [6, 6.07) is 0. The predicted molar refractivity (Wildman–Crippen MR) is 91.2 cm³/mol. The van der Waals surface area contributed by atoms with Gasteiger partial charge in [-0.2, -0.15) is 0 Å². The first-order valence-corrected chi connectivity index (χ1v) is 8.69. The molecule has 2 rings (SSSR count). The molecule has 0 aliphatic heterocycles. The van der Waals surface area contributed by atoms with Gasteiger partial charge in [-0.05, 0) is 24.8 Å². The van der Waals surface area contributed by atoms with E-state index in [2.05, 4.69) is 0 Å². The number of ether oxygens (including phenoxy) is 1. The molecular formula is C19H27NO4. The molecule has 0 radical (unpaired) electrons. The smallest absolute Gasteiger partial charge is 0.225 e. The molecule has 0 saturated heterocycles. The summed E-state index contributed by atoms with van der Waals surface area (Å²) in [7, 11) is 3.10. The van der Waals surface area contributed by atoms with Crippen molar-refractivity contribution in [1.29, 1.82) is 0 Å². The second kappa shape index (κ2) is 7.77. The number of allylic oxidation sites excluding steroid dienone is 3. The van der Waals surface area contributed by atoms with Crippen LogP contribution in [0.2, 0.25) is 0 Å². The van der Waals surface area contributed by atoms with Crippen molar-refractivity contribution in [2.45, 2.75) is 46.0 Å². The monoisotopic (exact) mass is 333 g/mol. The number of ketones is 2. The number of Topliss-reactive ketones (excluding diaryl/α,β-unsaturated/α-hetero) is 1.